The van der Waals surface area contributed by atoms with Crippen LogP contribution in [0.1, 0.15) is 32.2 Å². The third-order valence-corrected chi connectivity index (χ3v) is 4.80. The summed E-state index contributed by atoms with van der Waals surface area (Å²) >= 11 is 1.53. The number of aromatic nitrogens is 3. The van der Waals surface area contributed by atoms with Gasteiger partial charge in [0, 0.05) is 36.5 Å². The zero-order chi connectivity index (χ0) is 19.4. The standard InChI is InChI=1S/C19H20N4O3S/c1-12-16(17(19(25)26-3)23(2)22-12)13-5-4-6-14(9-13)18(24)20-8-7-15-10-27-11-21-15/h4-6,9-11H,7-8H2,1-3H3,(H,20,24). The average molecular weight is 384 g/mol. The molecule has 27 heavy (non-hydrogen) atoms. The maximum absolute atomic E-state index is 12.5. The van der Waals surface area contributed by atoms with E-state index in [1.807, 2.05) is 18.4 Å². The van der Waals surface area contributed by atoms with E-state index in [1.54, 1.807) is 30.8 Å². The van der Waals surface area contributed by atoms with Gasteiger partial charge < -0.3 is 10.1 Å². The highest BCUT2D eigenvalue weighted by molar-refractivity contribution is 7.07. The molecule has 1 aromatic carbocycles. The van der Waals surface area contributed by atoms with Crippen molar-refractivity contribution in [3.63, 3.8) is 0 Å². The number of benzene rings is 1. The SMILES string of the molecule is COC(=O)c1c(-c2cccc(C(=O)NCCc3cscn3)c2)c(C)nn1C. The van der Waals surface area contributed by atoms with Crippen LogP contribution in [0.25, 0.3) is 11.1 Å². The summed E-state index contributed by atoms with van der Waals surface area (Å²) in [5, 5.41) is 9.18. The molecule has 3 aromatic rings. The van der Waals surface area contributed by atoms with Crippen molar-refractivity contribution in [1.29, 1.82) is 0 Å². The first-order valence-corrected chi connectivity index (χ1v) is 9.33. The van der Waals surface area contributed by atoms with Gasteiger partial charge in [-0.25, -0.2) is 9.78 Å². The van der Waals surface area contributed by atoms with E-state index in [2.05, 4.69) is 15.4 Å². The Balaban J connectivity index is 1.81. The van der Waals surface area contributed by atoms with Gasteiger partial charge in [0.15, 0.2) is 5.69 Å². The quantitative estimate of drug-likeness (QED) is 0.660. The molecule has 0 bridgehead atoms. The Bertz CT molecular complexity index is 964. The first kappa shape index (κ1) is 18.8. The van der Waals surface area contributed by atoms with Crippen LogP contribution in [0, 0.1) is 6.92 Å². The van der Waals surface area contributed by atoms with Gasteiger partial charge in [0.1, 0.15) is 0 Å². The van der Waals surface area contributed by atoms with E-state index in [0.717, 1.165) is 11.3 Å². The Morgan fingerprint density at radius 2 is 2.15 bits per heavy atom. The molecule has 1 amide bonds. The number of thiazole rings is 1. The van der Waals surface area contributed by atoms with Crippen LogP contribution in [0.5, 0.6) is 0 Å². The van der Waals surface area contributed by atoms with Gasteiger partial charge in [-0.2, -0.15) is 5.10 Å². The maximum atomic E-state index is 12.5. The number of rotatable bonds is 6. The summed E-state index contributed by atoms with van der Waals surface area (Å²) in [5.41, 5.74) is 5.72. The zero-order valence-electron chi connectivity index (χ0n) is 15.4. The average Bonchev–Trinajstić information content (AvgIpc) is 3.28. The van der Waals surface area contributed by atoms with Crippen molar-refractivity contribution in [1.82, 2.24) is 20.1 Å². The van der Waals surface area contributed by atoms with E-state index in [9.17, 15) is 9.59 Å². The molecule has 0 fully saturated rings. The Labute approximate surface area is 161 Å². The molecule has 3 rings (SSSR count). The molecule has 7 nitrogen and oxygen atoms in total. The van der Waals surface area contributed by atoms with E-state index < -0.39 is 5.97 Å². The molecule has 1 N–H and O–H groups in total. The predicted octanol–water partition coefficient (Wildman–Crippen LogP) is 2.61. The van der Waals surface area contributed by atoms with Gasteiger partial charge in [0.05, 0.1) is 24.0 Å². The molecule has 0 spiro atoms. The number of methoxy groups -OCH3 is 1. The Kier molecular flexibility index (Phi) is 5.66. The first-order chi connectivity index (χ1) is 13.0. The van der Waals surface area contributed by atoms with Crippen LogP contribution in [0.2, 0.25) is 0 Å². The van der Waals surface area contributed by atoms with Gasteiger partial charge in [-0.05, 0) is 24.6 Å². The van der Waals surface area contributed by atoms with E-state index in [1.165, 1.54) is 23.1 Å². The molecule has 0 aliphatic rings. The summed E-state index contributed by atoms with van der Waals surface area (Å²) in [6.07, 6.45) is 0.684. The molecule has 140 valence electrons. The van der Waals surface area contributed by atoms with E-state index in [-0.39, 0.29) is 5.91 Å². The molecule has 0 unspecified atom stereocenters. The normalized spacial score (nSPS) is 10.6. The Hall–Kier alpha value is -3.00. The minimum Gasteiger partial charge on any atom is -0.464 e. The number of carbonyl (C=O) groups is 2. The second-order valence-corrected chi connectivity index (χ2v) is 6.71. The molecule has 2 heterocycles. The van der Waals surface area contributed by atoms with Crippen LogP contribution in [-0.2, 0) is 18.2 Å². The van der Waals surface area contributed by atoms with Crippen LogP contribution in [0.15, 0.2) is 35.2 Å². The number of esters is 1. The molecular formula is C19H20N4O3S. The van der Waals surface area contributed by atoms with Gasteiger partial charge in [-0.3, -0.25) is 9.48 Å². The fraction of sp³-hybridized carbons (Fsp3) is 0.263. The monoisotopic (exact) mass is 384 g/mol. The van der Waals surface area contributed by atoms with Crippen molar-refractivity contribution in [2.24, 2.45) is 7.05 Å². The molecule has 0 aliphatic heterocycles. The van der Waals surface area contributed by atoms with Crippen LogP contribution in [-0.4, -0.2) is 40.3 Å². The lowest BCUT2D eigenvalue weighted by Crippen LogP contribution is -2.25. The highest BCUT2D eigenvalue weighted by atomic mass is 32.1. The molecular weight excluding hydrogens is 364 g/mol. The smallest absolute Gasteiger partial charge is 0.356 e. The van der Waals surface area contributed by atoms with Gasteiger partial charge in [-0.1, -0.05) is 12.1 Å². The minimum atomic E-state index is -0.466. The zero-order valence-corrected chi connectivity index (χ0v) is 16.2. The van der Waals surface area contributed by atoms with E-state index in [4.69, 9.17) is 4.74 Å². The lowest BCUT2D eigenvalue weighted by atomic mass is 10.0. The number of aryl methyl sites for hydroxylation is 2. The summed E-state index contributed by atoms with van der Waals surface area (Å²) < 4.78 is 6.37. The summed E-state index contributed by atoms with van der Waals surface area (Å²) in [7, 11) is 3.03. The van der Waals surface area contributed by atoms with Crippen molar-refractivity contribution in [2.45, 2.75) is 13.3 Å². The van der Waals surface area contributed by atoms with Crippen molar-refractivity contribution < 1.29 is 14.3 Å². The summed E-state index contributed by atoms with van der Waals surface area (Å²) in [4.78, 5) is 28.8. The molecule has 0 aliphatic carbocycles. The lowest BCUT2D eigenvalue weighted by molar-refractivity contribution is 0.0589. The largest absolute Gasteiger partial charge is 0.464 e. The molecule has 0 atom stereocenters. The third kappa shape index (κ3) is 4.06. The van der Waals surface area contributed by atoms with Gasteiger partial charge in [0.2, 0.25) is 0 Å². The fourth-order valence-corrected chi connectivity index (χ4v) is 3.51. The number of hydrogen-bond acceptors (Lipinski definition) is 6. The molecule has 0 saturated carbocycles. The Morgan fingerprint density at radius 1 is 1.33 bits per heavy atom. The number of nitrogens with one attached hydrogen (secondary N) is 1. The summed E-state index contributed by atoms with van der Waals surface area (Å²) in [5.74, 6) is -0.639. The minimum absolute atomic E-state index is 0.173. The number of carbonyl (C=O) groups excluding carboxylic acids is 2. The summed E-state index contributed by atoms with van der Waals surface area (Å²) in [6, 6.07) is 7.14. The highest BCUT2D eigenvalue weighted by Crippen LogP contribution is 2.28. The van der Waals surface area contributed by atoms with Crippen LogP contribution in [0.3, 0.4) is 0 Å². The lowest BCUT2D eigenvalue weighted by Gasteiger charge is -2.08. The number of ether oxygens (including phenoxy) is 1. The van der Waals surface area contributed by atoms with Gasteiger partial charge in [-0.15, -0.1) is 11.3 Å². The fourth-order valence-electron chi connectivity index (χ4n) is 2.92. The number of amides is 1. The van der Waals surface area contributed by atoms with Crippen LogP contribution < -0.4 is 5.32 Å². The van der Waals surface area contributed by atoms with Crippen molar-refractivity contribution in [3.05, 3.63) is 57.8 Å². The summed E-state index contributed by atoms with van der Waals surface area (Å²) in [6.45, 7) is 2.33. The topological polar surface area (TPSA) is 86.1 Å². The third-order valence-electron chi connectivity index (χ3n) is 4.16. The molecule has 8 heteroatoms. The van der Waals surface area contributed by atoms with Crippen LogP contribution >= 0.6 is 11.3 Å². The van der Waals surface area contributed by atoms with Gasteiger partial charge >= 0.3 is 5.97 Å². The highest BCUT2D eigenvalue weighted by Gasteiger charge is 2.22. The number of nitrogens with zero attached hydrogens (tertiary/aromatic N) is 3. The van der Waals surface area contributed by atoms with Crippen molar-refractivity contribution in [3.8, 4) is 11.1 Å². The second kappa shape index (κ2) is 8.13. The maximum Gasteiger partial charge on any atom is 0.356 e. The molecule has 0 radical (unpaired) electrons. The predicted molar refractivity (Wildman–Crippen MR) is 103 cm³/mol. The Morgan fingerprint density at radius 3 is 2.85 bits per heavy atom. The van der Waals surface area contributed by atoms with Crippen molar-refractivity contribution in [2.75, 3.05) is 13.7 Å². The van der Waals surface area contributed by atoms with E-state index in [0.29, 0.717) is 35.5 Å². The second-order valence-electron chi connectivity index (χ2n) is 5.99. The van der Waals surface area contributed by atoms with E-state index >= 15 is 0 Å². The molecule has 2 aromatic heterocycles. The first-order valence-electron chi connectivity index (χ1n) is 8.39. The van der Waals surface area contributed by atoms with Crippen molar-refractivity contribution >= 4 is 23.2 Å². The number of hydrogen-bond donors (Lipinski definition) is 1. The van der Waals surface area contributed by atoms with Crippen LogP contribution in [0.4, 0.5) is 0 Å². The van der Waals surface area contributed by atoms with Gasteiger partial charge in [0.25, 0.3) is 5.91 Å². The molecule has 0 saturated heterocycles.